The summed E-state index contributed by atoms with van der Waals surface area (Å²) in [6.45, 7) is 8.00. The molecule has 1 saturated heterocycles. The third-order valence-electron chi connectivity index (χ3n) is 4.08. The molecule has 4 heteroatoms. The third-order valence-corrected chi connectivity index (χ3v) is 4.08. The van der Waals surface area contributed by atoms with Gasteiger partial charge in [-0.3, -0.25) is 4.90 Å². The number of methoxy groups -OCH3 is 1. The van der Waals surface area contributed by atoms with Gasteiger partial charge in [0.15, 0.2) is 0 Å². The predicted octanol–water partition coefficient (Wildman–Crippen LogP) is 2.07. The Morgan fingerprint density at radius 1 is 1.40 bits per heavy atom. The van der Waals surface area contributed by atoms with Crippen LogP contribution >= 0.6 is 0 Å². The highest BCUT2D eigenvalue weighted by Gasteiger charge is 2.32. The lowest BCUT2D eigenvalue weighted by molar-refractivity contribution is -0.0544. The molecule has 1 aromatic rings. The van der Waals surface area contributed by atoms with Crippen molar-refractivity contribution in [2.75, 3.05) is 40.5 Å². The van der Waals surface area contributed by atoms with Crippen LogP contribution in [0.2, 0.25) is 0 Å². The summed E-state index contributed by atoms with van der Waals surface area (Å²) in [7, 11) is 3.73. The molecule has 0 aliphatic carbocycles. The standard InChI is InChI=1S/C16H26N2O2/c1-16(2)12-20-10-9-18(16)11-14(17-3)13-7-5-6-8-15(13)19-4/h5-8,14,17H,9-12H2,1-4H3. The van der Waals surface area contributed by atoms with Crippen LogP contribution in [0.4, 0.5) is 0 Å². The quantitative estimate of drug-likeness (QED) is 0.894. The van der Waals surface area contributed by atoms with E-state index in [4.69, 9.17) is 9.47 Å². The minimum Gasteiger partial charge on any atom is -0.496 e. The Hall–Kier alpha value is -1.10. The summed E-state index contributed by atoms with van der Waals surface area (Å²) in [6.07, 6.45) is 0. The molecule has 1 heterocycles. The van der Waals surface area contributed by atoms with Crippen molar-refractivity contribution in [2.24, 2.45) is 0 Å². The van der Waals surface area contributed by atoms with Crippen LogP contribution < -0.4 is 10.1 Å². The zero-order valence-electron chi connectivity index (χ0n) is 13.0. The minimum atomic E-state index is 0.0787. The lowest BCUT2D eigenvalue weighted by Gasteiger charge is -2.43. The van der Waals surface area contributed by atoms with Crippen LogP contribution in [0, 0.1) is 0 Å². The monoisotopic (exact) mass is 278 g/mol. The number of rotatable bonds is 5. The largest absolute Gasteiger partial charge is 0.496 e. The average molecular weight is 278 g/mol. The van der Waals surface area contributed by atoms with Crippen LogP contribution in [-0.2, 0) is 4.74 Å². The number of hydrogen-bond acceptors (Lipinski definition) is 4. The Balaban J connectivity index is 2.16. The van der Waals surface area contributed by atoms with Gasteiger partial charge in [-0.25, -0.2) is 0 Å². The van der Waals surface area contributed by atoms with Crippen LogP contribution in [0.1, 0.15) is 25.5 Å². The van der Waals surface area contributed by atoms with Crippen LogP contribution in [0.5, 0.6) is 5.75 Å². The van der Waals surface area contributed by atoms with E-state index >= 15 is 0 Å². The van der Waals surface area contributed by atoms with E-state index in [-0.39, 0.29) is 11.6 Å². The van der Waals surface area contributed by atoms with Crippen molar-refractivity contribution in [1.29, 1.82) is 0 Å². The molecule has 1 aliphatic heterocycles. The van der Waals surface area contributed by atoms with Gasteiger partial charge in [-0.1, -0.05) is 18.2 Å². The molecule has 1 N–H and O–H groups in total. The number of benzene rings is 1. The maximum absolute atomic E-state index is 5.59. The zero-order valence-corrected chi connectivity index (χ0v) is 13.0. The minimum absolute atomic E-state index is 0.0787. The lowest BCUT2D eigenvalue weighted by atomic mass is 9.99. The molecule has 1 aliphatic rings. The van der Waals surface area contributed by atoms with Crippen molar-refractivity contribution in [3.8, 4) is 5.75 Å². The van der Waals surface area contributed by atoms with Gasteiger partial charge in [0.25, 0.3) is 0 Å². The molecule has 0 bridgehead atoms. The first-order chi connectivity index (χ1) is 9.58. The van der Waals surface area contributed by atoms with Crippen molar-refractivity contribution >= 4 is 0 Å². The number of hydrogen-bond donors (Lipinski definition) is 1. The summed E-state index contributed by atoms with van der Waals surface area (Å²) in [5, 5.41) is 3.42. The molecule has 0 radical (unpaired) electrons. The van der Waals surface area contributed by atoms with E-state index in [0.717, 1.165) is 32.1 Å². The van der Waals surface area contributed by atoms with Crippen molar-refractivity contribution < 1.29 is 9.47 Å². The van der Waals surface area contributed by atoms with Gasteiger partial charge in [0.2, 0.25) is 0 Å². The van der Waals surface area contributed by atoms with E-state index < -0.39 is 0 Å². The van der Waals surface area contributed by atoms with Gasteiger partial charge < -0.3 is 14.8 Å². The summed E-state index contributed by atoms with van der Waals surface area (Å²) in [5.41, 5.74) is 1.29. The van der Waals surface area contributed by atoms with E-state index in [1.807, 2.05) is 19.2 Å². The summed E-state index contributed by atoms with van der Waals surface area (Å²) in [6, 6.07) is 8.47. The molecule has 0 spiro atoms. The van der Waals surface area contributed by atoms with E-state index in [1.54, 1.807) is 7.11 Å². The van der Waals surface area contributed by atoms with Crippen LogP contribution in [0.25, 0.3) is 0 Å². The summed E-state index contributed by atoms with van der Waals surface area (Å²) >= 11 is 0. The average Bonchev–Trinajstić information content (AvgIpc) is 2.46. The summed E-state index contributed by atoms with van der Waals surface area (Å²) < 4.78 is 11.1. The Kier molecular flexibility index (Phi) is 5.02. The van der Waals surface area contributed by atoms with E-state index in [2.05, 4.69) is 36.2 Å². The van der Waals surface area contributed by atoms with E-state index in [9.17, 15) is 0 Å². The molecule has 0 saturated carbocycles. The van der Waals surface area contributed by atoms with Gasteiger partial charge in [-0.15, -0.1) is 0 Å². The molecule has 112 valence electrons. The van der Waals surface area contributed by atoms with E-state index in [0.29, 0.717) is 0 Å². The fourth-order valence-electron chi connectivity index (χ4n) is 2.75. The predicted molar refractivity (Wildman–Crippen MR) is 81.3 cm³/mol. The highest BCUT2D eigenvalue weighted by molar-refractivity contribution is 5.36. The van der Waals surface area contributed by atoms with Crippen LogP contribution in [0.15, 0.2) is 24.3 Å². The highest BCUT2D eigenvalue weighted by Crippen LogP contribution is 2.28. The fraction of sp³-hybridized carbons (Fsp3) is 0.625. The Morgan fingerprint density at radius 3 is 2.80 bits per heavy atom. The first kappa shape index (κ1) is 15.3. The molecule has 2 rings (SSSR count). The first-order valence-corrected chi connectivity index (χ1v) is 7.21. The second-order valence-electron chi connectivity index (χ2n) is 5.89. The van der Waals surface area contributed by atoms with Crippen molar-refractivity contribution in [2.45, 2.75) is 25.4 Å². The second-order valence-corrected chi connectivity index (χ2v) is 5.89. The number of morpholine rings is 1. The summed E-state index contributed by atoms with van der Waals surface area (Å²) in [4.78, 5) is 2.49. The van der Waals surface area contributed by atoms with Gasteiger partial charge in [-0.05, 0) is 27.0 Å². The van der Waals surface area contributed by atoms with Gasteiger partial charge in [0.05, 0.1) is 20.3 Å². The van der Waals surface area contributed by atoms with Crippen molar-refractivity contribution in [3.05, 3.63) is 29.8 Å². The molecule has 1 aromatic carbocycles. The molecule has 0 aromatic heterocycles. The molecular weight excluding hydrogens is 252 g/mol. The van der Waals surface area contributed by atoms with Crippen molar-refractivity contribution in [3.63, 3.8) is 0 Å². The van der Waals surface area contributed by atoms with Crippen molar-refractivity contribution in [1.82, 2.24) is 10.2 Å². The number of likely N-dealkylation sites (N-methyl/N-ethyl adjacent to an activating group) is 1. The maximum Gasteiger partial charge on any atom is 0.123 e. The van der Waals surface area contributed by atoms with Gasteiger partial charge in [-0.2, -0.15) is 0 Å². The van der Waals surface area contributed by atoms with Crippen LogP contribution in [0.3, 0.4) is 0 Å². The number of nitrogens with one attached hydrogen (secondary N) is 1. The Labute approximate surface area is 122 Å². The highest BCUT2D eigenvalue weighted by atomic mass is 16.5. The number of para-hydroxylation sites is 1. The van der Waals surface area contributed by atoms with Crippen LogP contribution in [-0.4, -0.2) is 50.9 Å². The molecule has 1 fully saturated rings. The topological polar surface area (TPSA) is 33.7 Å². The molecule has 1 atom stereocenters. The fourth-order valence-corrected chi connectivity index (χ4v) is 2.75. The Bertz CT molecular complexity index is 434. The van der Waals surface area contributed by atoms with Gasteiger partial charge in [0, 0.05) is 30.2 Å². The molecular formula is C16H26N2O2. The second kappa shape index (κ2) is 6.57. The first-order valence-electron chi connectivity index (χ1n) is 7.21. The normalized spacial score (nSPS) is 20.6. The van der Waals surface area contributed by atoms with Gasteiger partial charge >= 0.3 is 0 Å². The SMILES string of the molecule is CNC(CN1CCOCC1(C)C)c1ccccc1OC. The number of ether oxygens (including phenoxy) is 2. The molecule has 20 heavy (non-hydrogen) atoms. The molecule has 4 nitrogen and oxygen atoms in total. The molecule has 0 amide bonds. The maximum atomic E-state index is 5.59. The number of nitrogens with zero attached hydrogens (tertiary/aromatic N) is 1. The smallest absolute Gasteiger partial charge is 0.123 e. The Morgan fingerprint density at radius 2 is 2.15 bits per heavy atom. The summed E-state index contributed by atoms with van der Waals surface area (Å²) in [5.74, 6) is 0.943. The third kappa shape index (κ3) is 3.32. The lowest BCUT2D eigenvalue weighted by Crippen LogP contribution is -2.54. The zero-order chi connectivity index (χ0) is 14.6. The molecule has 1 unspecified atom stereocenters. The van der Waals surface area contributed by atoms with Gasteiger partial charge in [0.1, 0.15) is 5.75 Å². The van der Waals surface area contributed by atoms with E-state index in [1.165, 1.54) is 5.56 Å².